The van der Waals surface area contributed by atoms with E-state index in [1.54, 1.807) is 30.2 Å². The Balaban J connectivity index is 1.68. The SMILES string of the molecule is CCN(Cc1nc2ccccc2c(=O)[nH]1)C(=O)CCc1ccc(OC)c(Br)c1. The zero-order chi connectivity index (χ0) is 20.1. The number of H-pyrrole nitrogens is 1. The maximum Gasteiger partial charge on any atom is 0.258 e. The first-order chi connectivity index (χ1) is 13.5. The number of hydrogen-bond donors (Lipinski definition) is 1. The van der Waals surface area contributed by atoms with Gasteiger partial charge < -0.3 is 14.6 Å². The van der Waals surface area contributed by atoms with E-state index < -0.39 is 0 Å². The zero-order valence-corrected chi connectivity index (χ0v) is 17.5. The number of carbonyl (C=O) groups is 1. The van der Waals surface area contributed by atoms with E-state index in [0.29, 0.717) is 36.1 Å². The van der Waals surface area contributed by atoms with Crippen LogP contribution in [0.1, 0.15) is 24.7 Å². The number of rotatable bonds is 7. The van der Waals surface area contributed by atoms with Gasteiger partial charge in [-0.15, -0.1) is 0 Å². The van der Waals surface area contributed by atoms with Gasteiger partial charge in [-0.1, -0.05) is 18.2 Å². The first kappa shape index (κ1) is 20.1. The number of ether oxygens (including phenoxy) is 1. The fourth-order valence-corrected chi connectivity index (χ4v) is 3.63. The molecule has 0 radical (unpaired) electrons. The highest BCUT2D eigenvalue weighted by atomic mass is 79.9. The molecule has 0 unspecified atom stereocenters. The summed E-state index contributed by atoms with van der Waals surface area (Å²) in [6, 6.07) is 13.0. The van der Waals surface area contributed by atoms with Crippen molar-refractivity contribution in [3.8, 4) is 5.75 Å². The number of amides is 1. The number of aromatic nitrogens is 2. The normalized spacial score (nSPS) is 10.8. The average molecular weight is 444 g/mol. The summed E-state index contributed by atoms with van der Waals surface area (Å²) in [5.74, 6) is 1.27. The lowest BCUT2D eigenvalue weighted by molar-refractivity contribution is -0.131. The Morgan fingerprint density at radius 1 is 1.25 bits per heavy atom. The summed E-state index contributed by atoms with van der Waals surface area (Å²) in [6.45, 7) is 2.74. The van der Waals surface area contributed by atoms with E-state index in [1.165, 1.54) is 0 Å². The van der Waals surface area contributed by atoms with E-state index in [9.17, 15) is 9.59 Å². The molecule has 0 fully saturated rings. The zero-order valence-electron chi connectivity index (χ0n) is 15.9. The molecule has 0 spiro atoms. The third kappa shape index (κ3) is 4.59. The van der Waals surface area contributed by atoms with Gasteiger partial charge in [0.05, 0.1) is 29.0 Å². The second kappa shape index (κ2) is 9.01. The molecule has 1 aromatic heterocycles. The minimum absolute atomic E-state index is 0.0187. The molecule has 6 nitrogen and oxygen atoms in total. The summed E-state index contributed by atoms with van der Waals surface area (Å²) < 4.78 is 6.10. The van der Waals surface area contributed by atoms with Crippen molar-refractivity contribution in [3.05, 3.63) is 68.7 Å². The largest absolute Gasteiger partial charge is 0.496 e. The Kier molecular flexibility index (Phi) is 6.46. The van der Waals surface area contributed by atoms with Gasteiger partial charge in [0.15, 0.2) is 0 Å². The minimum atomic E-state index is -0.188. The molecular formula is C21H22BrN3O3. The molecule has 1 heterocycles. The fourth-order valence-electron chi connectivity index (χ4n) is 3.04. The number of aromatic amines is 1. The van der Waals surface area contributed by atoms with Crippen molar-refractivity contribution in [1.29, 1.82) is 0 Å². The molecule has 0 atom stereocenters. The van der Waals surface area contributed by atoms with Crippen LogP contribution in [-0.2, 0) is 17.8 Å². The van der Waals surface area contributed by atoms with E-state index in [0.717, 1.165) is 15.8 Å². The number of halogens is 1. The van der Waals surface area contributed by atoms with Crippen LogP contribution in [0.5, 0.6) is 5.75 Å². The predicted molar refractivity (Wildman–Crippen MR) is 112 cm³/mol. The number of aryl methyl sites for hydroxylation is 1. The van der Waals surface area contributed by atoms with Crippen LogP contribution < -0.4 is 10.3 Å². The molecule has 1 N–H and O–H groups in total. The van der Waals surface area contributed by atoms with Gasteiger partial charge in [-0.25, -0.2) is 4.98 Å². The Morgan fingerprint density at radius 3 is 2.75 bits per heavy atom. The van der Waals surface area contributed by atoms with Gasteiger partial charge in [-0.3, -0.25) is 9.59 Å². The van der Waals surface area contributed by atoms with Crippen LogP contribution in [-0.4, -0.2) is 34.4 Å². The number of nitrogens with zero attached hydrogens (tertiary/aromatic N) is 2. The number of benzene rings is 2. The second-order valence-corrected chi connectivity index (χ2v) is 7.26. The molecule has 0 aliphatic heterocycles. The summed E-state index contributed by atoms with van der Waals surface area (Å²) in [7, 11) is 1.62. The van der Waals surface area contributed by atoms with Crippen LogP contribution >= 0.6 is 15.9 Å². The molecule has 3 aromatic rings. The van der Waals surface area contributed by atoms with Crippen molar-refractivity contribution in [3.63, 3.8) is 0 Å². The molecule has 1 amide bonds. The van der Waals surface area contributed by atoms with Gasteiger partial charge >= 0.3 is 0 Å². The molecule has 0 bridgehead atoms. The summed E-state index contributed by atoms with van der Waals surface area (Å²) in [4.78, 5) is 33.9. The lowest BCUT2D eigenvalue weighted by Gasteiger charge is -2.20. The quantitative estimate of drug-likeness (QED) is 0.604. The van der Waals surface area contributed by atoms with Gasteiger partial charge in [0.25, 0.3) is 5.56 Å². The van der Waals surface area contributed by atoms with Gasteiger partial charge in [0, 0.05) is 13.0 Å². The van der Waals surface area contributed by atoms with Crippen molar-refractivity contribution >= 4 is 32.7 Å². The van der Waals surface area contributed by atoms with Crippen molar-refractivity contribution in [2.75, 3.05) is 13.7 Å². The summed E-state index contributed by atoms with van der Waals surface area (Å²) in [6.07, 6.45) is 1.00. The van der Waals surface area contributed by atoms with Gasteiger partial charge in [-0.05, 0) is 59.1 Å². The Bertz CT molecular complexity index is 1050. The van der Waals surface area contributed by atoms with E-state index in [2.05, 4.69) is 25.9 Å². The standard InChI is InChI=1S/C21H22BrN3O3/c1-3-25(13-19-23-17-7-5-4-6-15(17)21(27)24-19)20(26)11-9-14-8-10-18(28-2)16(22)12-14/h4-8,10,12H,3,9,11,13H2,1-2H3,(H,23,24,27). The van der Waals surface area contributed by atoms with Crippen LogP contribution in [0.2, 0.25) is 0 Å². The van der Waals surface area contributed by atoms with Gasteiger partial charge in [0.1, 0.15) is 11.6 Å². The lowest BCUT2D eigenvalue weighted by atomic mass is 10.1. The second-order valence-electron chi connectivity index (χ2n) is 6.41. The molecule has 3 rings (SSSR count). The van der Waals surface area contributed by atoms with Crippen LogP contribution in [0, 0.1) is 0 Å². The number of nitrogens with one attached hydrogen (secondary N) is 1. The highest BCUT2D eigenvalue weighted by Gasteiger charge is 2.15. The third-order valence-electron chi connectivity index (χ3n) is 4.58. The van der Waals surface area contributed by atoms with Crippen molar-refractivity contribution in [2.45, 2.75) is 26.3 Å². The maximum atomic E-state index is 12.7. The molecule has 2 aromatic carbocycles. The van der Waals surface area contributed by atoms with Gasteiger partial charge in [-0.2, -0.15) is 0 Å². The lowest BCUT2D eigenvalue weighted by Crippen LogP contribution is -2.32. The van der Waals surface area contributed by atoms with E-state index in [4.69, 9.17) is 4.74 Å². The molecule has 0 aliphatic carbocycles. The maximum absolute atomic E-state index is 12.7. The Labute approximate surface area is 171 Å². The highest BCUT2D eigenvalue weighted by molar-refractivity contribution is 9.10. The van der Waals surface area contributed by atoms with Crippen LogP contribution in [0.4, 0.5) is 0 Å². The number of para-hydroxylation sites is 1. The Morgan fingerprint density at radius 2 is 2.04 bits per heavy atom. The molecular weight excluding hydrogens is 422 g/mol. The van der Waals surface area contributed by atoms with E-state index in [-0.39, 0.29) is 18.0 Å². The number of fused-ring (bicyclic) bond motifs is 1. The van der Waals surface area contributed by atoms with Crippen LogP contribution in [0.25, 0.3) is 10.9 Å². The minimum Gasteiger partial charge on any atom is -0.496 e. The molecule has 146 valence electrons. The van der Waals surface area contributed by atoms with Crippen LogP contribution in [0.15, 0.2) is 51.7 Å². The monoisotopic (exact) mass is 443 g/mol. The van der Waals surface area contributed by atoms with Gasteiger partial charge in [0.2, 0.25) is 5.91 Å². The molecule has 0 saturated heterocycles. The molecule has 28 heavy (non-hydrogen) atoms. The van der Waals surface area contributed by atoms with E-state index in [1.807, 2.05) is 31.2 Å². The average Bonchev–Trinajstić information content (AvgIpc) is 2.70. The molecule has 7 heteroatoms. The first-order valence-electron chi connectivity index (χ1n) is 9.10. The van der Waals surface area contributed by atoms with Crippen molar-refractivity contribution < 1.29 is 9.53 Å². The summed E-state index contributed by atoms with van der Waals surface area (Å²) in [5.41, 5.74) is 1.49. The van der Waals surface area contributed by atoms with E-state index >= 15 is 0 Å². The van der Waals surface area contributed by atoms with Crippen LogP contribution in [0.3, 0.4) is 0 Å². The summed E-state index contributed by atoms with van der Waals surface area (Å²) >= 11 is 3.47. The topological polar surface area (TPSA) is 75.3 Å². The fraction of sp³-hybridized carbons (Fsp3) is 0.286. The third-order valence-corrected chi connectivity index (χ3v) is 5.20. The highest BCUT2D eigenvalue weighted by Crippen LogP contribution is 2.26. The molecule has 0 saturated carbocycles. The van der Waals surface area contributed by atoms with Crippen molar-refractivity contribution in [2.24, 2.45) is 0 Å². The Hall–Kier alpha value is -2.67. The first-order valence-corrected chi connectivity index (χ1v) is 9.89. The predicted octanol–water partition coefficient (Wildman–Crippen LogP) is 3.68. The summed E-state index contributed by atoms with van der Waals surface area (Å²) in [5, 5.41) is 0.547. The smallest absolute Gasteiger partial charge is 0.258 e. The number of carbonyl (C=O) groups excluding carboxylic acids is 1. The van der Waals surface area contributed by atoms with Crippen molar-refractivity contribution in [1.82, 2.24) is 14.9 Å². The number of hydrogen-bond acceptors (Lipinski definition) is 4. The number of methoxy groups -OCH3 is 1. The molecule has 0 aliphatic rings.